The number of benzene rings is 1. The molecule has 0 spiro atoms. The van der Waals surface area contributed by atoms with Crippen LogP contribution in [-0.4, -0.2) is 21.8 Å². The zero-order chi connectivity index (χ0) is 17.8. The maximum atomic E-state index is 12.6. The third-order valence-electron chi connectivity index (χ3n) is 3.58. The molecule has 3 N–H and O–H groups in total. The van der Waals surface area contributed by atoms with Crippen molar-refractivity contribution in [2.24, 2.45) is 5.73 Å². The van der Waals surface area contributed by atoms with Gasteiger partial charge < -0.3 is 11.1 Å². The zero-order valence-electron chi connectivity index (χ0n) is 13.5. The number of nitrogens with two attached hydrogens (primary N) is 1. The normalized spacial score (nSPS) is 11.7. The Bertz CT molecular complexity index is 894. The molecule has 2 amide bonds. The molecule has 2 heterocycles. The van der Waals surface area contributed by atoms with Crippen molar-refractivity contribution in [3.05, 3.63) is 70.9 Å². The number of carbonyl (C=O) groups excluding carboxylic acids is 2. The lowest BCUT2D eigenvalue weighted by molar-refractivity contribution is -0.120. The largest absolute Gasteiger partial charge is 0.368 e. The molecular formula is C18H16N4O2S. The molecule has 0 aliphatic heterocycles. The minimum atomic E-state index is -0.895. The highest BCUT2D eigenvalue weighted by Crippen LogP contribution is 2.27. The Balaban J connectivity index is 1.86. The number of nitrogens with one attached hydrogen (secondary N) is 1. The summed E-state index contributed by atoms with van der Waals surface area (Å²) in [5, 5.41) is 3.34. The van der Waals surface area contributed by atoms with Gasteiger partial charge in [-0.05, 0) is 24.6 Å². The van der Waals surface area contributed by atoms with Crippen LogP contribution >= 0.6 is 11.3 Å². The second-order valence-corrected chi connectivity index (χ2v) is 6.37. The molecule has 0 aliphatic carbocycles. The highest BCUT2D eigenvalue weighted by Gasteiger charge is 2.24. The first-order valence-electron chi connectivity index (χ1n) is 7.60. The van der Waals surface area contributed by atoms with Gasteiger partial charge in [-0.2, -0.15) is 0 Å². The van der Waals surface area contributed by atoms with Gasteiger partial charge in [0.25, 0.3) is 5.91 Å². The van der Waals surface area contributed by atoms with E-state index in [0.29, 0.717) is 26.8 Å². The average Bonchev–Trinajstić information content (AvgIpc) is 3.02. The summed E-state index contributed by atoms with van der Waals surface area (Å²) in [6.45, 7) is 1.75. The Hall–Kier alpha value is -3.06. The predicted molar refractivity (Wildman–Crippen MR) is 95.9 cm³/mol. The summed E-state index contributed by atoms with van der Waals surface area (Å²) in [5.41, 5.74) is 7.37. The van der Waals surface area contributed by atoms with Gasteiger partial charge in [0.1, 0.15) is 15.9 Å². The van der Waals surface area contributed by atoms with E-state index in [0.717, 1.165) is 0 Å². The minimum absolute atomic E-state index is 0.384. The monoisotopic (exact) mass is 352 g/mol. The summed E-state index contributed by atoms with van der Waals surface area (Å²) in [6.07, 6.45) is 1.67. The van der Waals surface area contributed by atoms with Crippen LogP contribution in [0.2, 0.25) is 0 Å². The Morgan fingerprint density at radius 1 is 1.12 bits per heavy atom. The molecule has 1 aromatic carbocycles. The number of nitrogens with zero attached hydrogens (tertiary/aromatic N) is 2. The Morgan fingerprint density at radius 3 is 2.48 bits per heavy atom. The number of carbonyl (C=O) groups is 2. The van der Waals surface area contributed by atoms with Crippen LogP contribution < -0.4 is 11.1 Å². The minimum Gasteiger partial charge on any atom is -0.368 e. The molecule has 6 nitrogen and oxygen atoms in total. The molecule has 3 rings (SSSR count). The standard InChI is InChI=1S/C18H16N4O2S/c1-11-15(25-18(21-11)13-9-5-6-10-20-13)17(24)22-14(16(19)23)12-7-3-2-4-8-12/h2-10,14H,1H3,(H2,19,23)(H,22,24). The summed E-state index contributed by atoms with van der Waals surface area (Å²) in [5.74, 6) is -1.00. The van der Waals surface area contributed by atoms with Crippen molar-refractivity contribution in [3.63, 3.8) is 0 Å². The van der Waals surface area contributed by atoms with Crippen LogP contribution in [0.25, 0.3) is 10.7 Å². The van der Waals surface area contributed by atoms with Gasteiger partial charge in [-0.1, -0.05) is 36.4 Å². The van der Waals surface area contributed by atoms with Crippen LogP contribution in [0, 0.1) is 6.92 Å². The maximum Gasteiger partial charge on any atom is 0.264 e. The first kappa shape index (κ1) is 16.8. The van der Waals surface area contributed by atoms with Crippen molar-refractivity contribution in [2.45, 2.75) is 13.0 Å². The molecule has 1 unspecified atom stereocenters. The van der Waals surface area contributed by atoms with Crippen molar-refractivity contribution in [3.8, 4) is 10.7 Å². The molecule has 0 fully saturated rings. The van der Waals surface area contributed by atoms with Gasteiger partial charge in [-0.25, -0.2) is 4.98 Å². The SMILES string of the molecule is Cc1nc(-c2ccccn2)sc1C(=O)NC(C(N)=O)c1ccccc1. The van der Waals surface area contributed by atoms with Gasteiger partial charge in [-0.15, -0.1) is 11.3 Å². The molecule has 7 heteroatoms. The van der Waals surface area contributed by atoms with Crippen LogP contribution in [0.1, 0.15) is 27.0 Å². The van der Waals surface area contributed by atoms with Crippen molar-refractivity contribution in [1.29, 1.82) is 0 Å². The molecule has 25 heavy (non-hydrogen) atoms. The molecular weight excluding hydrogens is 336 g/mol. The highest BCUT2D eigenvalue weighted by molar-refractivity contribution is 7.17. The van der Waals surface area contributed by atoms with Gasteiger partial charge in [0.05, 0.1) is 11.4 Å². The quantitative estimate of drug-likeness (QED) is 0.737. The molecule has 0 saturated carbocycles. The van der Waals surface area contributed by atoms with E-state index in [-0.39, 0.29) is 5.91 Å². The number of hydrogen-bond acceptors (Lipinski definition) is 5. The van der Waals surface area contributed by atoms with Gasteiger partial charge in [0.2, 0.25) is 5.91 Å². The molecule has 0 radical (unpaired) electrons. The summed E-state index contributed by atoms with van der Waals surface area (Å²) in [7, 11) is 0. The number of hydrogen-bond donors (Lipinski definition) is 2. The second kappa shape index (κ2) is 7.23. The number of thiazole rings is 1. The number of aryl methyl sites for hydroxylation is 1. The molecule has 3 aromatic rings. The lowest BCUT2D eigenvalue weighted by Gasteiger charge is -2.15. The molecule has 0 bridgehead atoms. The van der Waals surface area contributed by atoms with Crippen molar-refractivity contribution in [2.75, 3.05) is 0 Å². The summed E-state index contributed by atoms with van der Waals surface area (Å²) >= 11 is 1.23. The Labute approximate surface area is 148 Å². The first-order valence-corrected chi connectivity index (χ1v) is 8.42. The molecule has 0 aliphatic rings. The fraction of sp³-hybridized carbons (Fsp3) is 0.111. The third kappa shape index (κ3) is 3.72. The number of rotatable bonds is 5. The molecule has 0 saturated heterocycles. The van der Waals surface area contributed by atoms with E-state index in [4.69, 9.17) is 5.73 Å². The predicted octanol–water partition coefficient (Wildman–Crippen LogP) is 2.47. The molecule has 2 aromatic heterocycles. The average molecular weight is 352 g/mol. The molecule has 1 atom stereocenters. The van der Waals surface area contributed by atoms with Gasteiger partial charge in [-0.3, -0.25) is 14.6 Å². The van der Waals surface area contributed by atoms with Gasteiger partial charge >= 0.3 is 0 Å². The van der Waals surface area contributed by atoms with Crippen molar-refractivity contribution >= 4 is 23.2 Å². The van der Waals surface area contributed by atoms with Gasteiger partial charge in [0, 0.05) is 6.20 Å². The van der Waals surface area contributed by atoms with E-state index < -0.39 is 11.9 Å². The number of aromatic nitrogens is 2. The Kier molecular flexibility index (Phi) is 4.85. The van der Waals surface area contributed by atoms with E-state index in [1.807, 2.05) is 24.3 Å². The van der Waals surface area contributed by atoms with E-state index >= 15 is 0 Å². The number of pyridine rings is 1. The summed E-state index contributed by atoms with van der Waals surface area (Å²) in [6, 6.07) is 13.5. The van der Waals surface area contributed by atoms with E-state index in [2.05, 4.69) is 15.3 Å². The highest BCUT2D eigenvalue weighted by atomic mass is 32.1. The Morgan fingerprint density at radius 2 is 1.84 bits per heavy atom. The van der Waals surface area contributed by atoms with Crippen LogP contribution in [0.4, 0.5) is 0 Å². The van der Waals surface area contributed by atoms with Crippen LogP contribution in [0.5, 0.6) is 0 Å². The van der Waals surface area contributed by atoms with Crippen molar-refractivity contribution < 1.29 is 9.59 Å². The van der Waals surface area contributed by atoms with E-state index in [1.165, 1.54) is 11.3 Å². The van der Waals surface area contributed by atoms with E-state index in [9.17, 15) is 9.59 Å². The molecule has 126 valence electrons. The lowest BCUT2D eigenvalue weighted by atomic mass is 10.1. The van der Waals surface area contributed by atoms with Crippen LogP contribution in [0.15, 0.2) is 54.7 Å². The van der Waals surface area contributed by atoms with Gasteiger partial charge in [0.15, 0.2) is 0 Å². The number of amides is 2. The number of primary amides is 1. The second-order valence-electron chi connectivity index (χ2n) is 5.37. The van der Waals surface area contributed by atoms with Crippen molar-refractivity contribution in [1.82, 2.24) is 15.3 Å². The summed E-state index contributed by atoms with van der Waals surface area (Å²) in [4.78, 5) is 33.5. The fourth-order valence-electron chi connectivity index (χ4n) is 2.37. The van der Waals surface area contributed by atoms with Crippen LogP contribution in [-0.2, 0) is 4.79 Å². The topological polar surface area (TPSA) is 98.0 Å². The van der Waals surface area contributed by atoms with Crippen LogP contribution in [0.3, 0.4) is 0 Å². The smallest absolute Gasteiger partial charge is 0.264 e. The van der Waals surface area contributed by atoms with E-state index in [1.54, 1.807) is 37.4 Å². The maximum absolute atomic E-state index is 12.6. The summed E-state index contributed by atoms with van der Waals surface area (Å²) < 4.78 is 0. The third-order valence-corrected chi connectivity index (χ3v) is 4.76. The first-order chi connectivity index (χ1) is 12.1. The lowest BCUT2D eigenvalue weighted by Crippen LogP contribution is -2.37. The fourth-order valence-corrected chi connectivity index (χ4v) is 3.31. The zero-order valence-corrected chi connectivity index (χ0v) is 14.3.